The molecule has 0 aliphatic carbocycles. The molecule has 0 saturated heterocycles. The quantitative estimate of drug-likeness (QED) is 0.855. The van der Waals surface area contributed by atoms with E-state index in [4.69, 9.17) is 5.73 Å². The van der Waals surface area contributed by atoms with E-state index in [1.807, 2.05) is 12.1 Å². The SMILES string of the molecule is Nc1ccc2c(c1)CN(CCc1cccc(F)c1)C2. The first-order valence-corrected chi connectivity index (χ1v) is 6.55. The van der Waals surface area contributed by atoms with Crippen molar-refractivity contribution in [3.05, 3.63) is 65.0 Å². The summed E-state index contributed by atoms with van der Waals surface area (Å²) in [5.41, 5.74) is 10.3. The lowest BCUT2D eigenvalue weighted by molar-refractivity contribution is 0.288. The van der Waals surface area contributed by atoms with Gasteiger partial charge in [0.15, 0.2) is 0 Å². The lowest BCUT2D eigenvalue weighted by atomic mass is 10.1. The molecule has 0 atom stereocenters. The Balaban J connectivity index is 1.62. The molecule has 3 rings (SSSR count). The van der Waals surface area contributed by atoms with Gasteiger partial charge in [-0.05, 0) is 47.4 Å². The highest BCUT2D eigenvalue weighted by atomic mass is 19.1. The van der Waals surface area contributed by atoms with Crippen LogP contribution in [-0.4, -0.2) is 11.4 Å². The summed E-state index contributed by atoms with van der Waals surface area (Å²) >= 11 is 0. The molecule has 2 N–H and O–H groups in total. The molecule has 1 heterocycles. The van der Waals surface area contributed by atoms with Gasteiger partial charge in [-0.2, -0.15) is 0 Å². The minimum Gasteiger partial charge on any atom is -0.399 e. The second kappa shape index (κ2) is 5.02. The topological polar surface area (TPSA) is 29.3 Å². The number of hydrogen-bond acceptors (Lipinski definition) is 2. The van der Waals surface area contributed by atoms with Crippen molar-refractivity contribution in [2.75, 3.05) is 12.3 Å². The number of fused-ring (bicyclic) bond motifs is 1. The van der Waals surface area contributed by atoms with Crippen molar-refractivity contribution < 1.29 is 4.39 Å². The van der Waals surface area contributed by atoms with Crippen molar-refractivity contribution in [3.8, 4) is 0 Å². The zero-order chi connectivity index (χ0) is 13.2. The van der Waals surface area contributed by atoms with Crippen molar-refractivity contribution in [2.45, 2.75) is 19.5 Å². The van der Waals surface area contributed by atoms with Crippen LogP contribution in [0.5, 0.6) is 0 Å². The van der Waals surface area contributed by atoms with E-state index in [2.05, 4.69) is 17.0 Å². The van der Waals surface area contributed by atoms with Crippen molar-refractivity contribution in [1.82, 2.24) is 4.90 Å². The Bertz CT molecular complexity index is 595. The van der Waals surface area contributed by atoms with Gasteiger partial charge in [0.1, 0.15) is 5.82 Å². The summed E-state index contributed by atoms with van der Waals surface area (Å²) in [5.74, 6) is -0.157. The normalized spacial score (nSPS) is 14.6. The summed E-state index contributed by atoms with van der Waals surface area (Å²) in [6, 6.07) is 13.0. The van der Waals surface area contributed by atoms with E-state index < -0.39 is 0 Å². The van der Waals surface area contributed by atoms with Gasteiger partial charge in [0, 0.05) is 25.3 Å². The molecule has 0 radical (unpaired) electrons. The Kier molecular flexibility index (Phi) is 3.22. The van der Waals surface area contributed by atoms with Crippen LogP contribution in [0.4, 0.5) is 10.1 Å². The van der Waals surface area contributed by atoms with Gasteiger partial charge in [-0.25, -0.2) is 4.39 Å². The van der Waals surface area contributed by atoms with Gasteiger partial charge in [0.05, 0.1) is 0 Å². The highest BCUT2D eigenvalue weighted by molar-refractivity contribution is 5.46. The molecule has 0 bridgehead atoms. The number of anilines is 1. The van der Waals surface area contributed by atoms with E-state index in [9.17, 15) is 4.39 Å². The van der Waals surface area contributed by atoms with Crippen molar-refractivity contribution >= 4 is 5.69 Å². The number of rotatable bonds is 3. The Morgan fingerprint density at radius 1 is 1.05 bits per heavy atom. The molecule has 1 aliphatic rings. The molecule has 2 aromatic rings. The van der Waals surface area contributed by atoms with Gasteiger partial charge < -0.3 is 5.73 Å². The summed E-state index contributed by atoms with van der Waals surface area (Å²) in [7, 11) is 0. The molecule has 3 heteroatoms. The fourth-order valence-electron chi connectivity index (χ4n) is 2.62. The molecule has 0 fully saturated rings. The molecule has 19 heavy (non-hydrogen) atoms. The monoisotopic (exact) mass is 256 g/mol. The fraction of sp³-hybridized carbons (Fsp3) is 0.250. The largest absolute Gasteiger partial charge is 0.399 e. The van der Waals surface area contributed by atoms with Crippen LogP contribution in [0, 0.1) is 5.82 Å². The fourth-order valence-corrected chi connectivity index (χ4v) is 2.62. The van der Waals surface area contributed by atoms with Gasteiger partial charge >= 0.3 is 0 Å². The number of benzene rings is 2. The average molecular weight is 256 g/mol. The molecule has 98 valence electrons. The molecule has 0 saturated carbocycles. The molecule has 0 amide bonds. The predicted octanol–water partition coefficient (Wildman–Crippen LogP) is 2.97. The highest BCUT2D eigenvalue weighted by Gasteiger charge is 2.18. The third kappa shape index (κ3) is 2.76. The lowest BCUT2D eigenvalue weighted by Gasteiger charge is -2.14. The van der Waals surface area contributed by atoms with Crippen LogP contribution in [-0.2, 0) is 19.5 Å². The van der Waals surface area contributed by atoms with Crippen LogP contribution in [0.25, 0.3) is 0 Å². The van der Waals surface area contributed by atoms with Crippen LogP contribution in [0.15, 0.2) is 42.5 Å². The first-order chi connectivity index (χ1) is 9.20. The third-order valence-corrected chi connectivity index (χ3v) is 3.62. The number of hydrogen-bond donors (Lipinski definition) is 1. The summed E-state index contributed by atoms with van der Waals surface area (Å²) in [5, 5.41) is 0. The van der Waals surface area contributed by atoms with Crippen molar-refractivity contribution in [3.63, 3.8) is 0 Å². The first kappa shape index (κ1) is 12.2. The molecule has 0 aromatic heterocycles. The molecule has 1 aliphatic heterocycles. The van der Waals surface area contributed by atoms with Crippen LogP contribution in [0.3, 0.4) is 0 Å². The van der Waals surface area contributed by atoms with Gasteiger partial charge in [-0.3, -0.25) is 4.90 Å². The predicted molar refractivity (Wildman–Crippen MR) is 75.1 cm³/mol. The maximum atomic E-state index is 13.1. The van der Waals surface area contributed by atoms with Crippen LogP contribution < -0.4 is 5.73 Å². The van der Waals surface area contributed by atoms with E-state index in [0.29, 0.717) is 0 Å². The Morgan fingerprint density at radius 2 is 1.89 bits per heavy atom. The average Bonchev–Trinajstić information content (AvgIpc) is 2.78. The van der Waals surface area contributed by atoms with E-state index in [1.54, 1.807) is 12.1 Å². The Labute approximate surface area is 112 Å². The number of nitrogen functional groups attached to an aromatic ring is 1. The third-order valence-electron chi connectivity index (χ3n) is 3.62. The number of nitrogens with two attached hydrogens (primary N) is 1. The highest BCUT2D eigenvalue weighted by Crippen LogP contribution is 2.24. The van der Waals surface area contributed by atoms with Crippen LogP contribution >= 0.6 is 0 Å². The summed E-state index contributed by atoms with van der Waals surface area (Å²) in [6.07, 6.45) is 0.876. The lowest BCUT2D eigenvalue weighted by Crippen LogP contribution is -2.19. The van der Waals surface area contributed by atoms with Crippen molar-refractivity contribution in [2.24, 2.45) is 0 Å². The van der Waals surface area contributed by atoms with Crippen LogP contribution in [0.2, 0.25) is 0 Å². The molecule has 0 unspecified atom stereocenters. The molecule has 0 spiro atoms. The van der Waals surface area contributed by atoms with Crippen LogP contribution in [0.1, 0.15) is 16.7 Å². The second-order valence-corrected chi connectivity index (χ2v) is 5.12. The van der Waals surface area contributed by atoms with E-state index in [-0.39, 0.29) is 5.82 Å². The second-order valence-electron chi connectivity index (χ2n) is 5.12. The van der Waals surface area contributed by atoms with E-state index >= 15 is 0 Å². The zero-order valence-electron chi connectivity index (χ0n) is 10.8. The van der Waals surface area contributed by atoms with E-state index in [0.717, 1.165) is 37.3 Å². The number of nitrogens with zero attached hydrogens (tertiary/aromatic N) is 1. The van der Waals surface area contributed by atoms with Gasteiger partial charge in [-0.1, -0.05) is 18.2 Å². The Morgan fingerprint density at radius 3 is 2.74 bits per heavy atom. The smallest absolute Gasteiger partial charge is 0.123 e. The molecule has 2 aromatic carbocycles. The summed E-state index contributed by atoms with van der Waals surface area (Å²) in [6.45, 7) is 2.85. The maximum absolute atomic E-state index is 13.1. The Hall–Kier alpha value is -1.87. The maximum Gasteiger partial charge on any atom is 0.123 e. The zero-order valence-corrected chi connectivity index (χ0v) is 10.8. The minimum absolute atomic E-state index is 0.157. The van der Waals surface area contributed by atoms with Gasteiger partial charge in [-0.15, -0.1) is 0 Å². The van der Waals surface area contributed by atoms with Gasteiger partial charge in [0.2, 0.25) is 0 Å². The standard InChI is InChI=1S/C16H17FN2/c17-15-3-1-2-12(8-15)6-7-19-10-13-4-5-16(18)9-14(13)11-19/h1-5,8-9H,6-7,10-11,18H2. The minimum atomic E-state index is -0.157. The van der Waals surface area contributed by atoms with Gasteiger partial charge in [0.25, 0.3) is 0 Å². The molecular formula is C16H17FN2. The van der Waals surface area contributed by atoms with Crippen molar-refractivity contribution in [1.29, 1.82) is 0 Å². The molecule has 2 nitrogen and oxygen atoms in total. The summed E-state index contributed by atoms with van der Waals surface area (Å²) < 4.78 is 13.1. The summed E-state index contributed by atoms with van der Waals surface area (Å²) in [4.78, 5) is 2.37. The number of halogens is 1. The van der Waals surface area contributed by atoms with E-state index in [1.165, 1.54) is 17.2 Å². The molecular weight excluding hydrogens is 239 g/mol. The first-order valence-electron chi connectivity index (χ1n) is 6.55.